The molecule has 0 atom stereocenters. The summed E-state index contributed by atoms with van der Waals surface area (Å²) in [5, 5.41) is 8.94. The maximum Gasteiger partial charge on any atom is 0.354 e. The average molecular weight is 242 g/mol. The number of aryl methyl sites for hydroxylation is 1. The largest absolute Gasteiger partial charge is 0.477 e. The van der Waals surface area contributed by atoms with Crippen LogP contribution in [-0.2, 0) is 0 Å². The number of para-hydroxylation sites is 1. The van der Waals surface area contributed by atoms with Crippen LogP contribution in [0.3, 0.4) is 0 Å². The molecule has 1 N–H and O–H groups in total. The lowest BCUT2D eigenvalue weighted by Gasteiger charge is -2.21. The minimum absolute atomic E-state index is 0.0490. The van der Waals surface area contributed by atoms with Crippen LogP contribution in [0.1, 0.15) is 16.1 Å². The molecule has 0 unspecified atom stereocenters. The number of hydrogen-bond donors (Lipinski definition) is 1. The second-order valence-corrected chi connectivity index (χ2v) is 4.05. The van der Waals surface area contributed by atoms with E-state index in [1.807, 2.05) is 43.1 Å². The van der Waals surface area contributed by atoms with Crippen molar-refractivity contribution in [2.24, 2.45) is 0 Å². The number of anilines is 2. The van der Waals surface area contributed by atoms with Crippen molar-refractivity contribution in [1.29, 1.82) is 0 Å². The second-order valence-electron chi connectivity index (χ2n) is 4.05. The topological polar surface area (TPSA) is 53.4 Å². The van der Waals surface area contributed by atoms with Gasteiger partial charge in [-0.1, -0.05) is 18.2 Å². The van der Waals surface area contributed by atoms with Crippen molar-refractivity contribution >= 4 is 17.3 Å². The van der Waals surface area contributed by atoms with E-state index in [1.165, 1.54) is 6.20 Å². The van der Waals surface area contributed by atoms with Crippen LogP contribution in [0.25, 0.3) is 0 Å². The first-order chi connectivity index (χ1) is 8.59. The number of carboxylic acids is 1. The summed E-state index contributed by atoms with van der Waals surface area (Å²) in [6, 6.07) is 11.3. The smallest absolute Gasteiger partial charge is 0.354 e. The maximum atomic E-state index is 10.9. The Labute approximate surface area is 106 Å². The van der Waals surface area contributed by atoms with Gasteiger partial charge in [0.25, 0.3) is 0 Å². The highest BCUT2D eigenvalue weighted by molar-refractivity contribution is 5.86. The summed E-state index contributed by atoms with van der Waals surface area (Å²) in [6.07, 6.45) is 1.51. The second kappa shape index (κ2) is 4.87. The monoisotopic (exact) mass is 242 g/mol. The Kier molecular flexibility index (Phi) is 3.28. The van der Waals surface area contributed by atoms with Crippen molar-refractivity contribution in [3.05, 3.63) is 53.9 Å². The first kappa shape index (κ1) is 12.1. The molecule has 0 bridgehead atoms. The van der Waals surface area contributed by atoms with Gasteiger partial charge in [0.2, 0.25) is 0 Å². The normalized spacial score (nSPS) is 10.1. The van der Waals surface area contributed by atoms with Gasteiger partial charge in [-0.25, -0.2) is 9.78 Å². The van der Waals surface area contributed by atoms with Gasteiger partial charge in [0.05, 0.1) is 0 Å². The van der Waals surface area contributed by atoms with Gasteiger partial charge in [0, 0.05) is 24.6 Å². The maximum absolute atomic E-state index is 10.9. The third kappa shape index (κ3) is 2.32. The summed E-state index contributed by atoms with van der Waals surface area (Å²) >= 11 is 0. The fraction of sp³-hybridized carbons (Fsp3) is 0.143. The highest BCUT2D eigenvalue weighted by Gasteiger charge is 2.10. The van der Waals surface area contributed by atoms with Crippen molar-refractivity contribution in [1.82, 2.24) is 4.98 Å². The fourth-order valence-corrected chi connectivity index (χ4v) is 1.82. The molecule has 0 fully saturated rings. The number of nitrogens with zero attached hydrogens (tertiary/aromatic N) is 2. The van der Waals surface area contributed by atoms with E-state index in [1.54, 1.807) is 12.1 Å². The quantitative estimate of drug-likeness (QED) is 0.899. The SMILES string of the molecule is Cc1ccccc1N(C)c1ccnc(C(=O)O)c1. The summed E-state index contributed by atoms with van der Waals surface area (Å²) in [7, 11) is 1.91. The van der Waals surface area contributed by atoms with E-state index in [-0.39, 0.29) is 5.69 Å². The summed E-state index contributed by atoms with van der Waals surface area (Å²) in [6.45, 7) is 2.02. The predicted molar refractivity (Wildman–Crippen MR) is 70.4 cm³/mol. The molecule has 4 nitrogen and oxygen atoms in total. The Bertz CT molecular complexity index is 582. The van der Waals surface area contributed by atoms with E-state index in [4.69, 9.17) is 5.11 Å². The Morgan fingerprint density at radius 1 is 1.28 bits per heavy atom. The van der Waals surface area contributed by atoms with Crippen molar-refractivity contribution in [2.45, 2.75) is 6.92 Å². The van der Waals surface area contributed by atoms with Crippen LogP contribution >= 0.6 is 0 Å². The molecule has 92 valence electrons. The number of pyridine rings is 1. The molecule has 0 saturated heterocycles. The van der Waals surface area contributed by atoms with Crippen molar-refractivity contribution < 1.29 is 9.90 Å². The van der Waals surface area contributed by atoms with E-state index in [0.29, 0.717) is 0 Å². The van der Waals surface area contributed by atoms with Crippen LogP contribution in [0.2, 0.25) is 0 Å². The molecule has 2 aromatic rings. The molecular formula is C14H14N2O2. The van der Waals surface area contributed by atoms with Crippen LogP contribution in [-0.4, -0.2) is 23.1 Å². The number of aromatic carboxylic acids is 1. The Morgan fingerprint density at radius 3 is 2.67 bits per heavy atom. The fourth-order valence-electron chi connectivity index (χ4n) is 1.82. The van der Waals surface area contributed by atoms with Crippen LogP contribution < -0.4 is 4.90 Å². The summed E-state index contributed by atoms with van der Waals surface area (Å²) < 4.78 is 0. The lowest BCUT2D eigenvalue weighted by molar-refractivity contribution is 0.0690. The van der Waals surface area contributed by atoms with Crippen molar-refractivity contribution in [3.63, 3.8) is 0 Å². The molecule has 2 rings (SSSR count). The van der Waals surface area contributed by atoms with Gasteiger partial charge < -0.3 is 10.0 Å². The van der Waals surface area contributed by atoms with Gasteiger partial charge in [0.15, 0.2) is 0 Å². The predicted octanol–water partition coefficient (Wildman–Crippen LogP) is 2.86. The van der Waals surface area contributed by atoms with E-state index in [9.17, 15) is 4.79 Å². The molecule has 0 amide bonds. The first-order valence-electron chi connectivity index (χ1n) is 5.58. The highest BCUT2D eigenvalue weighted by atomic mass is 16.4. The van der Waals surface area contributed by atoms with E-state index in [2.05, 4.69) is 4.98 Å². The molecule has 18 heavy (non-hydrogen) atoms. The summed E-state index contributed by atoms with van der Waals surface area (Å²) in [5.74, 6) is -1.02. The third-order valence-corrected chi connectivity index (χ3v) is 2.83. The zero-order valence-corrected chi connectivity index (χ0v) is 10.3. The van der Waals surface area contributed by atoms with Crippen LogP contribution in [0.4, 0.5) is 11.4 Å². The van der Waals surface area contributed by atoms with Crippen LogP contribution in [0.5, 0.6) is 0 Å². The minimum Gasteiger partial charge on any atom is -0.477 e. The minimum atomic E-state index is -1.02. The molecule has 0 radical (unpaired) electrons. The lowest BCUT2D eigenvalue weighted by atomic mass is 10.1. The molecular weight excluding hydrogens is 228 g/mol. The summed E-state index contributed by atoms with van der Waals surface area (Å²) in [5.41, 5.74) is 3.03. The Balaban J connectivity index is 2.40. The molecule has 1 aromatic carbocycles. The molecule has 1 aromatic heterocycles. The molecule has 4 heteroatoms. The Morgan fingerprint density at radius 2 is 2.00 bits per heavy atom. The number of carboxylic acid groups (broad SMARTS) is 1. The summed E-state index contributed by atoms with van der Waals surface area (Å²) in [4.78, 5) is 16.7. The average Bonchev–Trinajstić information content (AvgIpc) is 2.38. The van der Waals surface area contributed by atoms with Gasteiger partial charge in [-0.05, 0) is 30.7 Å². The zero-order chi connectivity index (χ0) is 13.1. The van der Waals surface area contributed by atoms with E-state index >= 15 is 0 Å². The molecule has 0 aliphatic heterocycles. The van der Waals surface area contributed by atoms with Crippen molar-refractivity contribution in [2.75, 3.05) is 11.9 Å². The van der Waals surface area contributed by atoms with Gasteiger partial charge in [-0.15, -0.1) is 0 Å². The van der Waals surface area contributed by atoms with Crippen molar-refractivity contribution in [3.8, 4) is 0 Å². The first-order valence-corrected chi connectivity index (χ1v) is 5.58. The number of aromatic nitrogens is 1. The number of carbonyl (C=O) groups is 1. The van der Waals surface area contributed by atoms with Gasteiger partial charge in [-0.2, -0.15) is 0 Å². The Hall–Kier alpha value is -2.36. The highest BCUT2D eigenvalue weighted by Crippen LogP contribution is 2.26. The molecule has 0 aliphatic rings. The van der Waals surface area contributed by atoms with Gasteiger partial charge >= 0.3 is 5.97 Å². The molecule has 0 saturated carbocycles. The number of rotatable bonds is 3. The van der Waals surface area contributed by atoms with Crippen LogP contribution in [0, 0.1) is 6.92 Å². The van der Waals surface area contributed by atoms with E-state index < -0.39 is 5.97 Å². The van der Waals surface area contributed by atoms with Gasteiger partial charge in [-0.3, -0.25) is 0 Å². The molecule has 0 aliphatic carbocycles. The third-order valence-electron chi connectivity index (χ3n) is 2.83. The number of hydrogen-bond acceptors (Lipinski definition) is 3. The van der Waals surface area contributed by atoms with Gasteiger partial charge in [0.1, 0.15) is 5.69 Å². The number of benzene rings is 1. The molecule has 1 heterocycles. The van der Waals surface area contributed by atoms with E-state index in [0.717, 1.165) is 16.9 Å². The lowest BCUT2D eigenvalue weighted by Crippen LogP contribution is -2.12. The zero-order valence-electron chi connectivity index (χ0n) is 10.3. The molecule has 0 spiro atoms. The standard InChI is InChI=1S/C14H14N2O2/c1-10-5-3-4-6-13(10)16(2)11-7-8-15-12(9-11)14(17)18/h3-9H,1-2H3,(H,17,18). The van der Waals surface area contributed by atoms with Crippen LogP contribution in [0.15, 0.2) is 42.6 Å².